The zero-order valence-electron chi connectivity index (χ0n) is 13.5. The summed E-state index contributed by atoms with van der Waals surface area (Å²) in [6.45, 7) is 0. The molecular weight excluding hydrogens is 333 g/mol. The molecule has 1 amide bonds. The summed E-state index contributed by atoms with van der Waals surface area (Å²) >= 11 is 6.08. The fourth-order valence-corrected chi connectivity index (χ4v) is 2.58. The fourth-order valence-electron chi connectivity index (χ4n) is 2.41. The Morgan fingerprint density at radius 1 is 1.25 bits per heavy atom. The molecule has 0 radical (unpaired) electrons. The highest BCUT2D eigenvalue weighted by Crippen LogP contribution is 2.33. The highest BCUT2D eigenvalue weighted by atomic mass is 35.5. The van der Waals surface area contributed by atoms with Gasteiger partial charge in [0.15, 0.2) is 0 Å². The van der Waals surface area contributed by atoms with Gasteiger partial charge in [0.2, 0.25) is 6.41 Å². The first-order valence-electron chi connectivity index (χ1n) is 7.05. The number of anilines is 2. The molecule has 0 unspecified atom stereocenters. The van der Waals surface area contributed by atoms with Crippen molar-refractivity contribution in [1.29, 1.82) is 0 Å². The third kappa shape index (κ3) is 3.65. The molecule has 0 saturated heterocycles. The number of phenols is 1. The quantitative estimate of drug-likeness (QED) is 0.523. The van der Waals surface area contributed by atoms with Crippen LogP contribution in [0, 0.1) is 5.82 Å². The Balaban J connectivity index is 2.68. The molecule has 5 nitrogen and oxygen atoms in total. The summed E-state index contributed by atoms with van der Waals surface area (Å²) in [7, 11) is 5.27. The van der Waals surface area contributed by atoms with Crippen LogP contribution in [0.2, 0.25) is 5.02 Å². The molecule has 0 aliphatic rings. The number of phenolic OH excluding ortho intramolecular Hbond substituents is 1. The lowest BCUT2D eigenvalue weighted by molar-refractivity contribution is -0.106. The minimum absolute atomic E-state index is 0.181. The van der Waals surface area contributed by atoms with Crippen molar-refractivity contribution in [2.24, 2.45) is 4.99 Å². The van der Waals surface area contributed by atoms with Crippen molar-refractivity contribution in [3.05, 3.63) is 52.8 Å². The summed E-state index contributed by atoms with van der Waals surface area (Å²) in [5.74, 6) is -0.316. The van der Waals surface area contributed by atoms with E-state index in [0.717, 1.165) is 12.1 Å². The maximum absolute atomic E-state index is 13.6. The van der Waals surface area contributed by atoms with E-state index < -0.39 is 5.82 Å². The number of hydrogen-bond donors (Lipinski definition) is 1. The van der Waals surface area contributed by atoms with E-state index in [0.29, 0.717) is 28.5 Å². The average molecular weight is 350 g/mol. The molecule has 0 fully saturated rings. The molecule has 7 heteroatoms. The summed E-state index contributed by atoms with van der Waals surface area (Å²) in [6, 6.07) is 8.40. The number of benzene rings is 2. The molecule has 24 heavy (non-hydrogen) atoms. The van der Waals surface area contributed by atoms with E-state index in [4.69, 9.17) is 11.6 Å². The summed E-state index contributed by atoms with van der Waals surface area (Å²) in [4.78, 5) is 18.9. The van der Waals surface area contributed by atoms with E-state index in [-0.39, 0.29) is 11.4 Å². The van der Waals surface area contributed by atoms with Crippen LogP contribution < -0.4 is 4.90 Å². The largest absolute Gasteiger partial charge is 0.508 e. The van der Waals surface area contributed by atoms with Crippen molar-refractivity contribution in [1.82, 2.24) is 4.90 Å². The van der Waals surface area contributed by atoms with Crippen LogP contribution in [0.4, 0.5) is 15.8 Å². The first-order valence-corrected chi connectivity index (χ1v) is 7.43. The number of carbonyl (C=O) groups is 1. The maximum Gasteiger partial charge on any atom is 0.218 e. The van der Waals surface area contributed by atoms with Gasteiger partial charge in [0.1, 0.15) is 17.4 Å². The summed E-state index contributed by atoms with van der Waals surface area (Å²) in [5, 5.41) is 10.0. The van der Waals surface area contributed by atoms with Crippen molar-refractivity contribution in [3.63, 3.8) is 0 Å². The van der Waals surface area contributed by atoms with Gasteiger partial charge in [-0.1, -0.05) is 11.6 Å². The van der Waals surface area contributed by atoms with E-state index in [1.165, 1.54) is 11.0 Å². The van der Waals surface area contributed by atoms with E-state index in [1.54, 1.807) is 30.1 Å². The second kappa shape index (κ2) is 7.31. The number of rotatable bonds is 4. The van der Waals surface area contributed by atoms with Crippen molar-refractivity contribution >= 4 is 35.2 Å². The van der Waals surface area contributed by atoms with Crippen LogP contribution >= 0.6 is 11.6 Å². The molecule has 2 aromatic carbocycles. The summed E-state index contributed by atoms with van der Waals surface area (Å²) in [5.41, 5.74) is 1.25. The van der Waals surface area contributed by atoms with E-state index >= 15 is 0 Å². The second-order valence-corrected chi connectivity index (χ2v) is 5.68. The van der Waals surface area contributed by atoms with Gasteiger partial charge in [-0.2, -0.15) is 0 Å². The van der Waals surface area contributed by atoms with Gasteiger partial charge >= 0.3 is 0 Å². The molecule has 0 aliphatic heterocycles. The molecule has 0 heterocycles. The van der Waals surface area contributed by atoms with Crippen molar-refractivity contribution in [2.75, 3.05) is 26.0 Å². The Morgan fingerprint density at radius 3 is 2.50 bits per heavy atom. The van der Waals surface area contributed by atoms with Crippen LogP contribution in [0.5, 0.6) is 5.75 Å². The second-order valence-electron chi connectivity index (χ2n) is 5.25. The Bertz CT molecular complexity index is 773. The molecule has 0 bridgehead atoms. The predicted molar refractivity (Wildman–Crippen MR) is 93.9 cm³/mol. The Hall–Kier alpha value is -2.60. The number of hydrogen-bond acceptors (Lipinski definition) is 3. The minimum atomic E-state index is -0.655. The normalized spacial score (nSPS) is 11.3. The zero-order valence-corrected chi connectivity index (χ0v) is 14.3. The van der Waals surface area contributed by atoms with Crippen LogP contribution in [-0.2, 0) is 4.79 Å². The van der Waals surface area contributed by atoms with E-state index in [2.05, 4.69) is 4.99 Å². The van der Waals surface area contributed by atoms with Gasteiger partial charge in [0, 0.05) is 43.9 Å². The summed E-state index contributed by atoms with van der Waals surface area (Å²) in [6.07, 6.45) is 0.534. The molecule has 0 atom stereocenters. The Labute approximate surface area is 144 Å². The van der Waals surface area contributed by atoms with Crippen LogP contribution in [0.1, 0.15) is 5.56 Å². The summed E-state index contributed by atoms with van der Waals surface area (Å²) < 4.78 is 13.6. The van der Waals surface area contributed by atoms with Gasteiger partial charge in [0.25, 0.3) is 0 Å². The predicted octanol–water partition coefficient (Wildman–Crippen LogP) is 3.42. The van der Waals surface area contributed by atoms with E-state index in [9.17, 15) is 14.3 Å². The average Bonchev–Trinajstić information content (AvgIpc) is 2.49. The van der Waals surface area contributed by atoms with Crippen LogP contribution in [-0.4, -0.2) is 43.4 Å². The molecular formula is C17H17ClFN3O2. The van der Waals surface area contributed by atoms with Crippen LogP contribution in [0.15, 0.2) is 41.4 Å². The Morgan fingerprint density at radius 2 is 1.96 bits per heavy atom. The standard InChI is InChI=1S/C17H17ClFN3O2/c1-20-17(21(2)3)15-5-4-11(18)6-16(15)22(10-23)13-7-12(19)8-14(24)9-13/h4-10,24H,1-3H3/b20-17+. The van der Waals surface area contributed by atoms with Crippen LogP contribution in [0.25, 0.3) is 0 Å². The van der Waals surface area contributed by atoms with Crippen molar-refractivity contribution < 1.29 is 14.3 Å². The van der Waals surface area contributed by atoms with Crippen molar-refractivity contribution in [3.8, 4) is 5.75 Å². The fraction of sp³-hybridized carbons (Fsp3) is 0.176. The lowest BCUT2D eigenvalue weighted by atomic mass is 10.1. The number of amides is 1. The van der Waals surface area contributed by atoms with E-state index in [1.807, 2.05) is 14.1 Å². The SMILES string of the molecule is C/N=C(\c1ccc(Cl)cc1N(C=O)c1cc(O)cc(F)c1)N(C)C. The lowest BCUT2D eigenvalue weighted by Gasteiger charge is -2.24. The van der Waals surface area contributed by atoms with Crippen molar-refractivity contribution in [2.45, 2.75) is 0 Å². The first-order chi connectivity index (χ1) is 11.4. The molecule has 0 aromatic heterocycles. The highest BCUT2D eigenvalue weighted by Gasteiger charge is 2.19. The smallest absolute Gasteiger partial charge is 0.218 e. The van der Waals surface area contributed by atoms with Gasteiger partial charge in [-0.3, -0.25) is 14.7 Å². The number of amidine groups is 1. The molecule has 2 rings (SSSR count). The van der Waals surface area contributed by atoms with Gasteiger partial charge in [-0.15, -0.1) is 0 Å². The van der Waals surface area contributed by atoms with Gasteiger partial charge in [0.05, 0.1) is 11.4 Å². The van der Waals surface area contributed by atoms with Crippen LogP contribution in [0.3, 0.4) is 0 Å². The topological polar surface area (TPSA) is 56.1 Å². The zero-order chi connectivity index (χ0) is 17.9. The number of halogens is 2. The number of aliphatic imine (C=N–C) groups is 1. The lowest BCUT2D eigenvalue weighted by Crippen LogP contribution is -2.26. The third-order valence-corrected chi connectivity index (χ3v) is 3.58. The number of nitrogens with zero attached hydrogens (tertiary/aromatic N) is 3. The monoisotopic (exact) mass is 349 g/mol. The molecule has 2 aromatic rings. The first kappa shape index (κ1) is 17.7. The molecule has 0 saturated carbocycles. The molecule has 126 valence electrons. The third-order valence-electron chi connectivity index (χ3n) is 3.35. The number of carbonyl (C=O) groups excluding carboxylic acids is 1. The molecule has 1 N–H and O–H groups in total. The molecule has 0 spiro atoms. The van der Waals surface area contributed by atoms with Gasteiger partial charge < -0.3 is 10.0 Å². The maximum atomic E-state index is 13.6. The Kier molecular flexibility index (Phi) is 5.41. The van der Waals surface area contributed by atoms with Gasteiger partial charge in [-0.25, -0.2) is 4.39 Å². The van der Waals surface area contributed by atoms with Gasteiger partial charge in [-0.05, 0) is 24.3 Å². The minimum Gasteiger partial charge on any atom is -0.508 e. The number of aromatic hydroxyl groups is 1. The highest BCUT2D eigenvalue weighted by molar-refractivity contribution is 6.31. The molecule has 0 aliphatic carbocycles.